The summed E-state index contributed by atoms with van der Waals surface area (Å²) in [7, 11) is 0. The third-order valence-corrected chi connectivity index (χ3v) is 5.11. The van der Waals surface area contributed by atoms with Crippen LogP contribution in [0.15, 0.2) is 29.7 Å². The fourth-order valence-electron chi connectivity index (χ4n) is 3.02. The van der Waals surface area contributed by atoms with Gasteiger partial charge in [-0.25, -0.2) is 4.98 Å². The summed E-state index contributed by atoms with van der Waals surface area (Å²) in [5.41, 5.74) is 0.662. The molecule has 2 heterocycles. The third-order valence-electron chi connectivity index (χ3n) is 4.32. The van der Waals surface area contributed by atoms with Gasteiger partial charge in [0.25, 0.3) is 0 Å². The number of thiazole rings is 1. The molecule has 0 bridgehead atoms. The molecule has 0 unspecified atom stereocenters. The maximum absolute atomic E-state index is 13.1. The fourth-order valence-corrected chi connectivity index (χ4v) is 3.60. The van der Waals surface area contributed by atoms with Crippen molar-refractivity contribution in [3.63, 3.8) is 0 Å². The number of hydrogen-bond acceptors (Lipinski definition) is 4. The Kier molecular flexibility index (Phi) is 5.84. The Bertz CT molecular complexity index is 839. The van der Waals surface area contributed by atoms with Crippen molar-refractivity contribution in [3.8, 4) is 0 Å². The van der Waals surface area contributed by atoms with Gasteiger partial charge in [-0.05, 0) is 50.5 Å². The van der Waals surface area contributed by atoms with Crippen LogP contribution in [-0.2, 0) is 11.0 Å². The van der Waals surface area contributed by atoms with Crippen molar-refractivity contribution in [1.82, 2.24) is 4.98 Å². The second-order valence-electron chi connectivity index (χ2n) is 6.39. The van der Waals surface area contributed by atoms with Crippen LogP contribution >= 0.6 is 11.3 Å². The number of hydrogen-bond donors (Lipinski definition) is 1. The normalized spacial score (nSPS) is 15.3. The number of alkyl halides is 3. The predicted octanol–water partition coefficient (Wildman–Crippen LogP) is 5.11. The van der Waals surface area contributed by atoms with E-state index < -0.39 is 17.6 Å². The van der Waals surface area contributed by atoms with Crippen molar-refractivity contribution in [2.45, 2.75) is 32.4 Å². The molecule has 1 saturated heterocycles. The number of nitrogens with zero attached hydrogens (tertiary/aromatic N) is 2. The Morgan fingerprint density at radius 3 is 2.63 bits per heavy atom. The Balaban J connectivity index is 1.83. The third kappa shape index (κ3) is 5.09. The highest BCUT2D eigenvalue weighted by atomic mass is 32.1. The Morgan fingerprint density at radius 2 is 2.00 bits per heavy atom. The van der Waals surface area contributed by atoms with Crippen LogP contribution in [0.25, 0.3) is 6.08 Å². The van der Waals surface area contributed by atoms with Crippen molar-refractivity contribution in [3.05, 3.63) is 45.9 Å². The molecule has 1 aromatic carbocycles. The summed E-state index contributed by atoms with van der Waals surface area (Å²) in [6, 6.07) is 3.51. The number of benzene rings is 1. The van der Waals surface area contributed by atoms with Crippen molar-refractivity contribution < 1.29 is 18.0 Å². The molecule has 1 aliphatic rings. The van der Waals surface area contributed by atoms with Gasteiger partial charge in [0, 0.05) is 24.5 Å². The Labute approximate surface area is 159 Å². The molecule has 144 valence electrons. The smallest absolute Gasteiger partial charge is 0.370 e. The number of carbonyl (C=O) groups is 1. The molecule has 8 heteroatoms. The second-order valence-corrected chi connectivity index (χ2v) is 7.45. The van der Waals surface area contributed by atoms with Crippen molar-refractivity contribution in [2.24, 2.45) is 0 Å². The minimum absolute atomic E-state index is 0.177. The summed E-state index contributed by atoms with van der Waals surface area (Å²) < 4.78 is 39.3. The van der Waals surface area contributed by atoms with Crippen LogP contribution in [0.5, 0.6) is 0 Å². The summed E-state index contributed by atoms with van der Waals surface area (Å²) in [5, 5.41) is 5.29. The van der Waals surface area contributed by atoms with Gasteiger partial charge in [-0.3, -0.25) is 4.79 Å². The van der Waals surface area contributed by atoms with E-state index in [1.807, 2.05) is 17.2 Å². The first kappa shape index (κ1) is 19.4. The molecular formula is C19H20F3N3OS. The van der Waals surface area contributed by atoms with Crippen LogP contribution in [0, 0.1) is 6.92 Å². The number of anilines is 2. The number of aromatic nitrogens is 1. The molecule has 4 nitrogen and oxygen atoms in total. The molecule has 0 aliphatic carbocycles. The van der Waals surface area contributed by atoms with E-state index in [4.69, 9.17) is 0 Å². The van der Waals surface area contributed by atoms with E-state index in [9.17, 15) is 18.0 Å². The van der Waals surface area contributed by atoms with E-state index in [2.05, 4.69) is 10.3 Å². The zero-order chi connectivity index (χ0) is 19.4. The van der Waals surface area contributed by atoms with Gasteiger partial charge in [-0.2, -0.15) is 13.2 Å². The zero-order valence-electron chi connectivity index (χ0n) is 14.8. The fraction of sp³-hybridized carbons (Fsp3) is 0.368. The molecule has 1 amide bonds. The Morgan fingerprint density at radius 1 is 1.26 bits per heavy atom. The maximum Gasteiger partial charge on any atom is 0.416 e. The lowest BCUT2D eigenvalue weighted by Crippen LogP contribution is -2.30. The highest BCUT2D eigenvalue weighted by Crippen LogP contribution is 2.36. The van der Waals surface area contributed by atoms with E-state index in [0.717, 1.165) is 49.5 Å². The van der Waals surface area contributed by atoms with Crippen molar-refractivity contribution in [2.75, 3.05) is 23.3 Å². The molecule has 0 atom stereocenters. The first-order chi connectivity index (χ1) is 12.8. The number of amides is 1. The number of rotatable bonds is 4. The SMILES string of the molecule is Cc1nc(/C=C/C(=O)Nc2cc(C(F)(F)F)ccc2N2CCCCC2)cs1. The van der Waals surface area contributed by atoms with E-state index in [1.165, 1.54) is 23.5 Å². The van der Waals surface area contributed by atoms with Crippen LogP contribution in [0.3, 0.4) is 0 Å². The summed E-state index contributed by atoms with van der Waals surface area (Å²) in [4.78, 5) is 18.5. The minimum Gasteiger partial charge on any atom is -0.370 e. The molecular weight excluding hydrogens is 375 g/mol. The average molecular weight is 395 g/mol. The lowest BCUT2D eigenvalue weighted by atomic mass is 10.1. The maximum atomic E-state index is 13.1. The highest BCUT2D eigenvalue weighted by molar-refractivity contribution is 7.09. The molecule has 1 N–H and O–H groups in total. The minimum atomic E-state index is -4.46. The summed E-state index contributed by atoms with van der Waals surface area (Å²) in [6.45, 7) is 3.39. The van der Waals surface area contributed by atoms with Crippen molar-refractivity contribution >= 4 is 34.7 Å². The van der Waals surface area contributed by atoms with Gasteiger partial charge in [-0.15, -0.1) is 11.3 Å². The van der Waals surface area contributed by atoms with Gasteiger partial charge in [0.1, 0.15) is 0 Å². The van der Waals surface area contributed by atoms with Gasteiger partial charge < -0.3 is 10.2 Å². The Hall–Kier alpha value is -2.35. The van der Waals surface area contributed by atoms with E-state index in [1.54, 1.807) is 6.08 Å². The van der Waals surface area contributed by atoms with Crippen LogP contribution < -0.4 is 10.2 Å². The first-order valence-corrected chi connectivity index (χ1v) is 9.58. The van der Waals surface area contributed by atoms with Crippen LogP contribution in [0.1, 0.15) is 35.5 Å². The number of nitrogens with one attached hydrogen (secondary N) is 1. The monoisotopic (exact) mass is 395 g/mol. The predicted molar refractivity (Wildman–Crippen MR) is 102 cm³/mol. The standard InChI is InChI=1S/C19H20F3N3OS/c1-13-23-15(12-27-13)6-8-18(26)24-16-11-14(19(20,21)22)5-7-17(16)25-9-3-2-4-10-25/h5-8,11-12H,2-4,9-10H2,1H3,(H,24,26)/b8-6+. The number of carbonyl (C=O) groups excluding carboxylic acids is 1. The average Bonchev–Trinajstić information content (AvgIpc) is 3.05. The largest absolute Gasteiger partial charge is 0.416 e. The quantitative estimate of drug-likeness (QED) is 0.732. The molecule has 0 spiro atoms. The molecule has 1 aromatic heterocycles. The lowest BCUT2D eigenvalue weighted by molar-refractivity contribution is -0.137. The highest BCUT2D eigenvalue weighted by Gasteiger charge is 2.31. The molecule has 2 aromatic rings. The van der Waals surface area contributed by atoms with Gasteiger partial charge in [0.2, 0.25) is 5.91 Å². The van der Waals surface area contributed by atoms with E-state index in [0.29, 0.717) is 11.4 Å². The lowest BCUT2D eigenvalue weighted by Gasteiger charge is -2.31. The summed E-state index contributed by atoms with van der Waals surface area (Å²) in [5.74, 6) is -0.488. The van der Waals surface area contributed by atoms with E-state index >= 15 is 0 Å². The topological polar surface area (TPSA) is 45.2 Å². The first-order valence-electron chi connectivity index (χ1n) is 8.70. The second kappa shape index (κ2) is 8.12. The van der Waals surface area contributed by atoms with Gasteiger partial charge >= 0.3 is 6.18 Å². The van der Waals surface area contributed by atoms with Crippen LogP contribution in [0.4, 0.5) is 24.5 Å². The van der Waals surface area contributed by atoms with Gasteiger partial charge in [-0.1, -0.05) is 0 Å². The molecule has 27 heavy (non-hydrogen) atoms. The molecule has 1 fully saturated rings. The van der Waals surface area contributed by atoms with Crippen LogP contribution in [-0.4, -0.2) is 24.0 Å². The molecule has 0 saturated carbocycles. The van der Waals surface area contributed by atoms with Gasteiger partial charge in [0.05, 0.1) is 27.6 Å². The molecule has 0 radical (unpaired) electrons. The summed E-state index contributed by atoms with van der Waals surface area (Å²) >= 11 is 1.46. The zero-order valence-corrected chi connectivity index (χ0v) is 15.7. The van der Waals surface area contributed by atoms with Crippen molar-refractivity contribution in [1.29, 1.82) is 0 Å². The van der Waals surface area contributed by atoms with E-state index in [-0.39, 0.29) is 5.69 Å². The molecule has 1 aliphatic heterocycles. The summed E-state index contributed by atoms with van der Waals surface area (Å²) in [6.07, 6.45) is 1.44. The molecule has 3 rings (SSSR count). The number of aryl methyl sites for hydroxylation is 1. The van der Waals surface area contributed by atoms with Gasteiger partial charge in [0.15, 0.2) is 0 Å². The number of halogens is 3. The number of piperidine rings is 1. The van der Waals surface area contributed by atoms with Crippen LogP contribution in [0.2, 0.25) is 0 Å².